The molecule has 3 aromatic carbocycles. The van der Waals surface area contributed by atoms with Crippen molar-refractivity contribution in [1.29, 1.82) is 0 Å². The van der Waals surface area contributed by atoms with Gasteiger partial charge in [-0.25, -0.2) is 9.69 Å². The van der Waals surface area contributed by atoms with Crippen LogP contribution in [-0.4, -0.2) is 25.0 Å². The number of nitrogens with one attached hydrogen (secondary N) is 1. The van der Waals surface area contributed by atoms with E-state index in [-0.39, 0.29) is 12.2 Å². The van der Waals surface area contributed by atoms with Gasteiger partial charge in [0.05, 0.1) is 22.8 Å². The molecule has 1 saturated heterocycles. The molecule has 3 aromatic rings. The normalized spacial score (nSPS) is 14.7. The topological polar surface area (TPSA) is 84.9 Å². The van der Waals surface area contributed by atoms with Crippen LogP contribution in [0.4, 0.5) is 10.5 Å². The first-order valence-corrected chi connectivity index (χ1v) is 12.6. The minimum absolute atomic E-state index is 0.202. The summed E-state index contributed by atoms with van der Waals surface area (Å²) in [5.41, 5.74) is 3.37. The molecule has 10 heteroatoms. The molecule has 7 nitrogen and oxygen atoms in total. The van der Waals surface area contributed by atoms with Crippen LogP contribution in [0, 0.1) is 13.8 Å². The quantitative estimate of drug-likeness (QED) is 0.253. The molecule has 1 heterocycles. The lowest BCUT2D eigenvalue weighted by Gasteiger charge is -2.27. The largest absolute Gasteiger partial charge is 0.493 e. The van der Waals surface area contributed by atoms with Crippen molar-refractivity contribution in [3.8, 4) is 11.5 Å². The van der Waals surface area contributed by atoms with Gasteiger partial charge in [0.1, 0.15) is 12.2 Å². The van der Waals surface area contributed by atoms with Gasteiger partial charge in [0.2, 0.25) is 0 Å². The molecule has 0 atom stereocenters. The number of carbonyl (C=O) groups is 3. The summed E-state index contributed by atoms with van der Waals surface area (Å²) in [5.74, 6) is -0.724. The van der Waals surface area contributed by atoms with Crippen LogP contribution in [0.15, 0.2) is 58.6 Å². The van der Waals surface area contributed by atoms with Gasteiger partial charge in [0.25, 0.3) is 11.8 Å². The predicted octanol–water partition coefficient (Wildman–Crippen LogP) is 6.63. The van der Waals surface area contributed by atoms with Crippen LogP contribution in [0.5, 0.6) is 11.5 Å². The third-order valence-electron chi connectivity index (χ3n) is 5.81. The first-order chi connectivity index (χ1) is 17.6. The zero-order chi connectivity index (χ0) is 26.9. The number of imide groups is 2. The standard InChI is InChI=1S/C27H21BrCl2N2O5/c1-14-4-6-18(8-15(14)2)32-26(34)19(25(33)31-27(32)35)10-17-11-23(36-3)24(12-20(17)28)37-13-16-5-7-21(29)22(30)9-16/h4-12H,13H2,1-3H3,(H,31,33,35)/b19-10+. The summed E-state index contributed by atoms with van der Waals surface area (Å²) in [6.07, 6.45) is 1.40. The van der Waals surface area contributed by atoms with E-state index in [1.165, 1.54) is 13.2 Å². The highest BCUT2D eigenvalue weighted by atomic mass is 79.9. The molecule has 0 aromatic heterocycles. The molecule has 0 saturated carbocycles. The molecule has 1 aliphatic rings. The molecule has 0 spiro atoms. The van der Waals surface area contributed by atoms with E-state index in [9.17, 15) is 14.4 Å². The van der Waals surface area contributed by atoms with Crippen molar-refractivity contribution in [3.63, 3.8) is 0 Å². The smallest absolute Gasteiger partial charge is 0.335 e. The Bertz CT molecular complexity index is 1470. The second kappa shape index (κ2) is 11.0. The van der Waals surface area contributed by atoms with Crippen molar-refractivity contribution in [2.75, 3.05) is 12.0 Å². The Balaban J connectivity index is 1.64. The number of ether oxygens (including phenoxy) is 2. The Morgan fingerprint density at radius 3 is 2.38 bits per heavy atom. The first-order valence-electron chi connectivity index (χ1n) is 11.0. The maximum atomic E-state index is 13.3. The van der Waals surface area contributed by atoms with Gasteiger partial charge in [-0.05, 0) is 78.6 Å². The third-order valence-corrected chi connectivity index (χ3v) is 7.24. The number of benzene rings is 3. The fraction of sp³-hybridized carbons (Fsp3) is 0.148. The molecule has 1 N–H and O–H groups in total. The number of urea groups is 1. The number of carbonyl (C=O) groups excluding carboxylic acids is 3. The monoisotopic (exact) mass is 602 g/mol. The van der Waals surface area contributed by atoms with Crippen LogP contribution in [0.2, 0.25) is 10.0 Å². The molecule has 0 unspecified atom stereocenters. The van der Waals surface area contributed by atoms with E-state index in [4.69, 9.17) is 32.7 Å². The minimum Gasteiger partial charge on any atom is -0.493 e. The summed E-state index contributed by atoms with van der Waals surface area (Å²) in [7, 11) is 1.48. The molecular formula is C27H21BrCl2N2O5. The molecule has 0 aliphatic carbocycles. The van der Waals surface area contributed by atoms with Gasteiger partial charge in [-0.15, -0.1) is 0 Å². The molecular weight excluding hydrogens is 583 g/mol. The average molecular weight is 604 g/mol. The Kier molecular flexibility index (Phi) is 7.92. The van der Waals surface area contributed by atoms with Gasteiger partial charge < -0.3 is 9.47 Å². The Morgan fingerprint density at radius 1 is 0.946 bits per heavy atom. The number of methoxy groups -OCH3 is 1. The summed E-state index contributed by atoms with van der Waals surface area (Å²) in [6.45, 7) is 4.00. The fourth-order valence-electron chi connectivity index (χ4n) is 3.64. The number of hydrogen-bond donors (Lipinski definition) is 1. The summed E-state index contributed by atoms with van der Waals surface area (Å²) in [5, 5.41) is 3.10. The number of aryl methyl sites for hydroxylation is 2. The number of rotatable bonds is 6. The lowest BCUT2D eigenvalue weighted by Crippen LogP contribution is -2.54. The number of barbiturate groups is 1. The van der Waals surface area contributed by atoms with Crippen LogP contribution < -0.4 is 19.7 Å². The second-order valence-electron chi connectivity index (χ2n) is 8.29. The predicted molar refractivity (Wildman–Crippen MR) is 146 cm³/mol. The van der Waals surface area contributed by atoms with E-state index in [1.807, 2.05) is 19.9 Å². The number of halogens is 3. The van der Waals surface area contributed by atoms with Crippen molar-refractivity contribution in [2.24, 2.45) is 0 Å². The Labute approximate surface area is 232 Å². The molecule has 37 heavy (non-hydrogen) atoms. The lowest BCUT2D eigenvalue weighted by molar-refractivity contribution is -0.122. The van der Waals surface area contributed by atoms with E-state index in [1.54, 1.807) is 42.5 Å². The molecule has 0 radical (unpaired) electrons. The van der Waals surface area contributed by atoms with Gasteiger partial charge in [-0.3, -0.25) is 14.9 Å². The van der Waals surface area contributed by atoms with E-state index in [0.29, 0.717) is 37.3 Å². The van der Waals surface area contributed by atoms with Crippen molar-refractivity contribution >= 4 is 68.7 Å². The van der Waals surface area contributed by atoms with Crippen LogP contribution in [0.1, 0.15) is 22.3 Å². The van der Waals surface area contributed by atoms with Gasteiger partial charge in [-0.1, -0.05) is 51.3 Å². The van der Waals surface area contributed by atoms with E-state index in [2.05, 4.69) is 21.2 Å². The van der Waals surface area contributed by atoms with Crippen molar-refractivity contribution in [3.05, 3.63) is 90.9 Å². The SMILES string of the molecule is COc1cc(/C=C2\C(=O)NC(=O)N(c3ccc(C)c(C)c3)C2=O)c(Br)cc1OCc1ccc(Cl)c(Cl)c1. The maximum Gasteiger partial charge on any atom is 0.335 e. The average Bonchev–Trinajstić information content (AvgIpc) is 2.85. The van der Waals surface area contributed by atoms with Crippen molar-refractivity contribution in [2.45, 2.75) is 20.5 Å². The van der Waals surface area contributed by atoms with E-state index in [0.717, 1.165) is 21.6 Å². The first kappa shape index (κ1) is 26.7. The van der Waals surface area contributed by atoms with Crippen molar-refractivity contribution in [1.82, 2.24) is 5.32 Å². The number of amides is 4. The van der Waals surface area contributed by atoms with Crippen LogP contribution in [0.25, 0.3) is 6.08 Å². The highest BCUT2D eigenvalue weighted by molar-refractivity contribution is 9.10. The van der Waals surface area contributed by atoms with Crippen molar-refractivity contribution < 1.29 is 23.9 Å². The van der Waals surface area contributed by atoms with Gasteiger partial charge in [-0.2, -0.15) is 0 Å². The minimum atomic E-state index is -0.807. The van der Waals surface area contributed by atoms with Gasteiger partial charge >= 0.3 is 6.03 Å². The highest BCUT2D eigenvalue weighted by Crippen LogP contribution is 2.36. The Morgan fingerprint density at radius 2 is 1.70 bits per heavy atom. The van der Waals surface area contributed by atoms with Gasteiger partial charge in [0, 0.05) is 4.47 Å². The summed E-state index contributed by atoms with van der Waals surface area (Å²) in [4.78, 5) is 39.4. The van der Waals surface area contributed by atoms with Crippen LogP contribution in [-0.2, 0) is 16.2 Å². The third kappa shape index (κ3) is 5.66. The van der Waals surface area contributed by atoms with Crippen LogP contribution >= 0.6 is 39.1 Å². The van der Waals surface area contributed by atoms with Gasteiger partial charge in [0.15, 0.2) is 11.5 Å². The lowest BCUT2D eigenvalue weighted by atomic mass is 10.0. The molecule has 1 fully saturated rings. The van der Waals surface area contributed by atoms with E-state index >= 15 is 0 Å². The van der Waals surface area contributed by atoms with E-state index < -0.39 is 17.8 Å². The molecule has 4 rings (SSSR count). The number of nitrogens with zero attached hydrogens (tertiary/aromatic N) is 1. The zero-order valence-electron chi connectivity index (χ0n) is 20.0. The maximum absolute atomic E-state index is 13.3. The summed E-state index contributed by atoms with van der Waals surface area (Å²) < 4.78 is 11.9. The molecule has 4 amide bonds. The van der Waals surface area contributed by atoms with Crippen LogP contribution in [0.3, 0.4) is 0 Å². The Hall–Kier alpha value is -3.33. The molecule has 190 valence electrons. The molecule has 0 bridgehead atoms. The highest BCUT2D eigenvalue weighted by Gasteiger charge is 2.37. The number of hydrogen-bond acceptors (Lipinski definition) is 5. The second-order valence-corrected chi connectivity index (χ2v) is 9.96. The summed E-state index contributed by atoms with van der Waals surface area (Å²) >= 11 is 15.5. The molecule has 1 aliphatic heterocycles. The fourth-order valence-corrected chi connectivity index (χ4v) is 4.39. The summed E-state index contributed by atoms with van der Waals surface area (Å²) in [6, 6.07) is 12.9. The zero-order valence-corrected chi connectivity index (χ0v) is 23.1. The number of anilines is 1.